The maximum Gasteiger partial charge on any atom is 0.410 e. The second kappa shape index (κ2) is 11.4. The van der Waals surface area contributed by atoms with Crippen LogP contribution in [0.3, 0.4) is 0 Å². The maximum atomic E-state index is 12.6. The van der Waals surface area contributed by atoms with Gasteiger partial charge in [0.15, 0.2) is 0 Å². The predicted octanol–water partition coefficient (Wildman–Crippen LogP) is 3.13. The molecular formula is C24H41N3O4S. The fourth-order valence-corrected chi connectivity index (χ4v) is 6.37. The molecule has 4 rings (SSSR count). The molecule has 0 bridgehead atoms. The Morgan fingerprint density at radius 1 is 1.19 bits per heavy atom. The highest BCUT2D eigenvalue weighted by molar-refractivity contribution is 7.99. The van der Waals surface area contributed by atoms with E-state index in [0.29, 0.717) is 12.5 Å². The van der Waals surface area contributed by atoms with Gasteiger partial charge in [-0.15, -0.1) is 0 Å². The summed E-state index contributed by atoms with van der Waals surface area (Å²) in [6, 6.07) is 0. The molecule has 2 amide bonds. The minimum absolute atomic E-state index is 0.111. The average Bonchev–Trinajstić information content (AvgIpc) is 3.42. The fourth-order valence-electron chi connectivity index (χ4n) is 5.70. The van der Waals surface area contributed by atoms with Gasteiger partial charge in [-0.1, -0.05) is 6.92 Å². The number of nitrogens with one attached hydrogen (secondary N) is 1. The number of hydrogen-bond donors (Lipinski definition) is 1. The van der Waals surface area contributed by atoms with Gasteiger partial charge < -0.3 is 24.6 Å². The van der Waals surface area contributed by atoms with Gasteiger partial charge in [0.2, 0.25) is 5.91 Å². The van der Waals surface area contributed by atoms with E-state index >= 15 is 0 Å². The van der Waals surface area contributed by atoms with Crippen molar-refractivity contribution in [3.63, 3.8) is 0 Å². The highest BCUT2D eigenvalue weighted by Gasteiger charge is 2.47. The van der Waals surface area contributed by atoms with Crippen molar-refractivity contribution in [1.29, 1.82) is 0 Å². The summed E-state index contributed by atoms with van der Waals surface area (Å²) in [6.45, 7) is 8.38. The Bertz CT molecular complexity index is 627. The second-order valence-electron chi connectivity index (χ2n) is 10.1. The van der Waals surface area contributed by atoms with Crippen molar-refractivity contribution in [2.45, 2.75) is 70.0 Å². The SMILES string of the molecule is CCSCCN1CCC2(CC1)CN(C[C@H]1CC[C@H](C(=O)NCC3CCCO3)CC1)C(=O)O2. The molecule has 3 aliphatic heterocycles. The number of amides is 2. The Balaban J connectivity index is 1.15. The molecule has 1 atom stereocenters. The molecule has 0 aromatic heterocycles. The molecule has 1 N–H and O–H groups in total. The standard InChI is InChI=1S/C24H41N3O4S/c1-2-32-15-13-26-11-9-24(10-12-26)18-27(23(29)31-24)17-19-5-7-20(8-6-19)22(28)25-16-21-4-3-14-30-21/h19-21H,2-18H2,1H3,(H,25,28)/t19-,20-,21?. The summed E-state index contributed by atoms with van der Waals surface area (Å²) in [5, 5.41) is 3.09. The van der Waals surface area contributed by atoms with Crippen LogP contribution in [0.1, 0.15) is 58.3 Å². The first-order valence-electron chi connectivity index (χ1n) is 12.7. The monoisotopic (exact) mass is 467 g/mol. The van der Waals surface area contributed by atoms with Crippen molar-refractivity contribution < 1.29 is 19.1 Å². The van der Waals surface area contributed by atoms with Gasteiger partial charge in [0.05, 0.1) is 12.6 Å². The van der Waals surface area contributed by atoms with Crippen molar-refractivity contribution in [1.82, 2.24) is 15.1 Å². The molecule has 32 heavy (non-hydrogen) atoms. The van der Waals surface area contributed by atoms with Crippen LogP contribution < -0.4 is 5.32 Å². The topological polar surface area (TPSA) is 71.1 Å². The van der Waals surface area contributed by atoms with E-state index in [0.717, 1.165) is 90.7 Å². The Morgan fingerprint density at radius 2 is 1.97 bits per heavy atom. The van der Waals surface area contributed by atoms with Gasteiger partial charge in [0.1, 0.15) is 5.60 Å². The van der Waals surface area contributed by atoms with Gasteiger partial charge in [-0.3, -0.25) is 4.79 Å². The van der Waals surface area contributed by atoms with E-state index in [2.05, 4.69) is 17.1 Å². The van der Waals surface area contributed by atoms with Gasteiger partial charge in [0.25, 0.3) is 0 Å². The predicted molar refractivity (Wildman–Crippen MR) is 127 cm³/mol. The van der Waals surface area contributed by atoms with E-state index < -0.39 is 0 Å². The highest BCUT2D eigenvalue weighted by Crippen LogP contribution is 2.36. The van der Waals surface area contributed by atoms with Crippen LogP contribution in [0.25, 0.3) is 0 Å². The van der Waals surface area contributed by atoms with Gasteiger partial charge in [-0.25, -0.2) is 4.79 Å². The van der Waals surface area contributed by atoms with Crippen molar-refractivity contribution in [2.24, 2.45) is 11.8 Å². The van der Waals surface area contributed by atoms with Gasteiger partial charge in [-0.2, -0.15) is 11.8 Å². The van der Waals surface area contributed by atoms with Crippen molar-refractivity contribution in [3.8, 4) is 0 Å². The number of carbonyl (C=O) groups is 2. The van der Waals surface area contributed by atoms with Gasteiger partial charge >= 0.3 is 6.09 Å². The zero-order chi connectivity index (χ0) is 22.4. The molecule has 0 aromatic carbocycles. The quantitative estimate of drug-likeness (QED) is 0.526. The highest BCUT2D eigenvalue weighted by atomic mass is 32.2. The molecule has 1 saturated carbocycles. The number of ether oxygens (including phenoxy) is 2. The van der Waals surface area contributed by atoms with E-state index in [-0.39, 0.29) is 29.6 Å². The summed E-state index contributed by atoms with van der Waals surface area (Å²) in [5.41, 5.74) is -0.273. The third-order valence-corrected chi connectivity index (χ3v) is 8.67. The Kier molecular flexibility index (Phi) is 8.62. The van der Waals surface area contributed by atoms with E-state index in [1.807, 2.05) is 16.7 Å². The number of likely N-dealkylation sites (tertiary alicyclic amines) is 1. The lowest BCUT2D eigenvalue weighted by molar-refractivity contribution is -0.126. The number of piperidine rings is 1. The molecule has 4 fully saturated rings. The smallest absolute Gasteiger partial charge is 0.410 e. The van der Waals surface area contributed by atoms with Gasteiger partial charge in [-0.05, 0) is 50.2 Å². The zero-order valence-corrected chi connectivity index (χ0v) is 20.5. The molecule has 3 heterocycles. The maximum absolute atomic E-state index is 12.6. The molecule has 1 spiro atoms. The normalized spacial score (nSPS) is 30.6. The van der Waals surface area contributed by atoms with Gasteiger partial charge in [0, 0.05) is 63.8 Å². The van der Waals surface area contributed by atoms with Crippen LogP contribution >= 0.6 is 11.8 Å². The molecule has 4 aliphatic rings. The molecule has 8 heteroatoms. The van der Waals surface area contributed by atoms with Crippen LogP contribution in [0.15, 0.2) is 0 Å². The minimum Gasteiger partial charge on any atom is -0.441 e. The first kappa shape index (κ1) is 24.1. The van der Waals surface area contributed by atoms with Crippen molar-refractivity contribution in [3.05, 3.63) is 0 Å². The number of carbonyl (C=O) groups excluding carboxylic acids is 2. The summed E-state index contributed by atoms with van der Waals surface area (Å²) < 4.78 is 11.5. The van der Waals surface area contributed by atoms with Crippen LogP contribution in [0.2, 0.25) is 0 Å². The minimum atomic E-state index is -0.273. The first-order valence-corrected chi connectivity index (χ1v) is 13.9. The van der Waals surface area contributed by atoms with Crippen LogP contribution in [0.4, 0.5) is 4.79 Å². The molecule has 1 aliphatic carbocycles. The third kappa shape index (κ3) is 6.32. The lowest BCUT2D eigenvalue weighted by atomic mass is 9.81. The number of thioether (sulfide) groups is 1. The Hall–Kier alpha value is -0.990. The third-order valence-electron chi connectivity index (χ3n) is 7.79. The molecule has 7 nitrogen and oxygen atoms in total. The van der Waals surface area contributed by atoms with E-state index in [1.165, 1.54) is 11.5 Å². The lowest BCUT2D eigenvalue weighted by Gasteiger charge is -2.37. The largest absolute Gasteiger partial charge is 0.441 e. The molecular weight excluding hydrogens is 426 g/mol. The molecule has 0 radical (unpaired) electrons. The van der Waals surface area contributed by atoms with E-state index in [4.69, 9.17) is 9.47 Å². The molecule has 0 aromatic rings. The Labute approximate surface area is 197 Å². The molecule has 3 saturated heterocycles. The number of hydrogen-bond acceptors (Lipinski definition) is 6. The first-order chi connectivity index (χ1) is 15.6. The van der Waals surface area contributed by atoms with Crippen LogP contribution in [-0.2, 0) is 14.3 Å². The fraction of sp³-hybridized carbons (Fsp3) is 0.917. The molecule has 182 valence electrons. The summed E-state index contributed by atoms with van der Waals surface area (Å²) in [5.74, 6) is 3.13. The summed E-state index contributed by atoms with van der Waals surface area (Å²) in [4.78, 5) is 29.6. The van der Waals surface area contributed by atoms with Crippen molar-refractivity contribution in [2.75, 3.05) is 57.4 Å². The molecule has 1 unspecified atom stereocenters. The van der Waals surface area contributed by atoms with E-state index in [1.54, 1.807) is 0 Å². The summed E-state index contributed by atoms with van der Waals surface area (Å²) in [7, 11) is 0. The zero-order valence-electron chi connectivity index (χ0n) is 19.7. The van der Waals surface area contributed by atoms with Crippen LogP contribution in [0, 0.1) is 11.8 Å². The summed E-state index contributed by atoms with van der Waals surface area (Å²) in [6.07, 6.45) is 7.98. The van der Waals surface area contributed by atoms with Crippen molar-refractivity contribution >= 4 is 23.8 Å². The van der Waals surface area contributed by atoms with Crippen LogP contribution in [0.5, 0.6) is 0 Å². The Morgan fingerprint density at radius 3 is 2.66 bits per heavy atom. The van der Waals surface area contributed by atoms with Crippen LogP contribution in [-0.4, -0.2) is 90.9 Å². The second-order valence-corrected chi connectivity index (χ2v) is 11.5. The lowest BCUT2D eigenvalue weighted by Crippen LogP contribution is -2.47. The average molecular weight is 468 g/mol. The number of rotatable bonds is 9. The van der Waals surface area contributed by atoms with E-state index in [9.17, 15) is 9.59 Å². The summed E-state index contributed by atoms with van der Waals surface area (Å²) >= 11 is 1.99. The number of nitrogens with zero attached hydrogens (tertiary/aromatic N) is 2.